The first-order chi connectivity index (χ1) is 10.5. The Morgan fingerprint density at radius 1 is 1.41 bits per heavy atom. The minimum atomic E-state index is -0.131. The zero-order valence-corrected chi connectivity index (χ0v) is 14.3. The van der Waals surface area contributed by atoms with Crippen molar-refractivity contribution in [1.82, 2.24) is 10.2 Å². The highest BCUT2D eigenvalue weighted by Gasteiger charge is 2.36. The van der Waals surface area contributed by atoms with Crippen molar-refractivity contribution in [3.05, 3.63) is 34.9 Å². The average molecular weight is 340 g/mol. The van der Waals surface area contributed by atoms with Crippen LogP contribution in [0.5, 0.6) is 0 Å². The molecule has 2 atom stereocenters. The van der Waals surface area contributed by atoms with Crippen LogP contribution in [0, 0.1) is 0 Å². The van der Waals surface area contributed by atoms with E-state index in [1.807, 2.05) is 29.2 Å². The fourth-order valence-electron chi connectivity index (χ4n) is 2.94. The number of rotatable bonds is 2. The third kappa shape index (κ3) is 3.43. The molecule has 6 heteroatoms. The van der Waals surface area contributed by atoms with E-state index in [0.717, 1.165) is 42.3 Å². The molecule has 0 saturated carbocycles. The lowest BCUT2D eigenvalue weighted by atomic mass is 9.91. The number of hydrogen-bond donors (Lipinski definition) is 2. The maximum Gasteiger partial charge on any atom is 0.240 e. The van der Waals surface area contributed by atoms with E-state index < -0.39 is 0 Å². The molecule has 1 aromatic rings. The van der Waals surface area contributed by atoms with Crippen molar-refractivity contribution in [2.24, 2.45) is 5.73 Å². The highest BCUT2D eigenvalue weighted by atomic mass is 35.5. The molecule has 22 heavy (non-hydrogen) atoms. The van der Waals surface area contributed by atoms with E-state index in [1.54, 1.807) is 11.8 Å². The minimum absolute atomic E-state index is 0.0900. The van der Waals surface area contributed by atoms with Gasteiger partial charge in [-0.15, -0.1) is 11.8 Å². The molecule has 4 nitrogen and oxygen atoms in total. The van der Waals surface area contributed by atoms with E-state index >= 15 is 0 Å². The van der Waals surface area contributed by atoms with Crippen molar-refractivity contribution in [2.45, 2.75) is 36.7 Å². The Kier molecular flexibility index (Phi) is 4.69. The quantitative estimate of drug-likeness (QED) is 0.868. The molecule has 2 aliphatic rings. The molecule has 0 bridgehead atoms. The first-order valence-electron chi connectivity index (χ1n) is 7.66. The lowest BCUT2D eigenvalue weighted by Crippen LogP contribution is -2.53. The number of benzene rings is 1. The van der Waals surface area contributed by atoms with Crippen LogP contribution in [0.4, 0.5) is 0 Å². The summed E-state index contributed by atoms with van der Waals surface area (Å²) >= 11 is 7.99. The third-order valence-electron chi connectivity index (χ3n) is 4.49. The summed E-state index contributed by atoms with van der Waals surface area (Å²) in [6.07, 6.45) is 1.74. The van der Waals surface area contributed by atoms with Gasteiger partial charge in [0.1, 0.15) is 0 Å². The van der Waals surface area contributed by atoms with E-state index in [4.69, 9.17) is 17.3 Å². The lowest BCUT2D eigenvalue weighted by molar-refractivity contribution is -0.134. The fraction of sp³-hybridized carbons (Fsp3) is 0.562. The molecular weight excluding hydrogens is 318 g/mol. The number of nitrogens with two attached hydrogens (primary N) is 1. The van der Waals surface area contributed by atoms with Gasteiger partial charge in [-0.05, 0) is 31.4 Å². The Labute approximate surface area is 140 Å². The Hall–Kier alpha value is -0.750. The Balaban J connectivity index is 1.61. The number of carbonyl (C=O) groups excluding carboxylic acids is 1. The van der Waals surface area contributed by atoms with Crippen molar-refractivity contribution in [3.63, 3.8) is 0 Å². The summed E-state index contributed by atoms with van der Waals surface area (Å²) in [6, 6.07) is 7.67. The van der Waals surface area contributed by atoms with E-state index in [0.29, 0.717) is 0 Å². The summed E-state index contributed by atoms with van der Waals surface area (Å²) in [5.74, 6) is 0.975. The molecule has 3 N–H and O–H groups in total. The second kappa shape index (κ2) is 6.40. The number of likely N-dealkylation sites (tertiary alicyclic amines) is 1. The second-order valence-electron chi connectivity index (χ2n) is 6.43. The fourth-order valence-corrected chi connectivity index (χ4v) is 4.52. The Bertz CT molecular complexity index is 556. The first kappa shape index (κ1) is 16.1. The number of halogens is 1. The van der Waals surface area contributed by atoms with Gasteiger partial charge in [-0.1, -0.05) is 29.8 Å². The molecule has 1 amide bonds. The largest absolute Gasteiger partial charge is 0.341 e. The SMILES string of the molecule is CC1(N)CCN(C(=O)C2CSC(c3ccccc3Cl)N2)CC1. The molecule has 2 aliphatic heterocycles. The van der Waals surface area contributed by atoms with Gasteiger partial charge in [0, 0.05) is 29.4 Å². The molecule has 120 valence electrons. The minimum Gasteiger partial charge on any atom is -0.341 e. The summed E-state index contributed by atoms with van der Waals surface area (Å²) in [7, 11) is 0. The molecule has 2 unspecified atom stereocenters. The van der Waals surface area contributed by atoms with Gasteiger partial charge in [-0.3, -0.25) is 10.1 Å². The maximum atomic E-state index is 12.6. The number of carbonyl (C=O) groups is 1. The van der Waals surface area contributed by atoms with Crippen LogP contribution in [0.15, 0.2) is 24.3 Å². The topological polar surface area (TPSA) is 58.4 Å². The first-order valence-corrected chi connectivity index (χ1v) is 9.09. The number of thioether (sulfide) groups is 1. The van der Waals surface area contributed by atoms with Crippen LogP contribution < -0.4 is 11.1 Å². The van der Waals surface area contributed by atoms with Gasteiger partial charge in [0.2, 0.25) is 5.91 Å². The van der Waals surface area contributed by atoms with Crippen LogP contribution in [0.1, 0.15) is 30.7 Å². The van der Waals surface area contributed by atoms with Crippen molar-refractivity contribution in [3.8, 4) is 0 Å². The molecular formula is C16H22ClN3OS. The van der Waals surface area contributed by atoms with Crippen molar-refractivity contribution in [2.75, 3.05) is 18.8 Å². The van der Waals surface area contributed by atoms with Gasteiger partial charge in [-0.25, -0.2) is 0 Å². The van der Waals surface area contributed by atoms with Gasteiger partial charge in [0.25, 0.3) is 0 Å². The van der Waals surface area contributed by atoms with Gasteiger partial charge < -0.3 is 10.6 Å². The van der Waals surface area contributed by atoms with Crippen LogP contribution in [0.3, 0.4) is 0 Å². The van der Waals surface area contributed by atoms with E-state index in [-0.39, 0.29) is 22.9 Å². The summed E-state index contributed by atoms with van der Waals surface area (Å²) in [6.45, 7) is 3.57. The van der Waals surface area contributed by atoms with Crippen LogP contribution in [-0.4, -0.2) is 41.2 Å². The third-order valence-corrected chi connectivity index (χ3v) is 6.08. The number of amides is 1. The number of hydrogen-bond acceptors (Lipinski definition) is 4. The maximum absolute atomic E-state index is 12.6. The number of nitrogens with one attached hydrogen (secondary N) is 1. The number of piperidine rings is 1. The van der Waals surface area contributed by atoms with Gasteiger partial charge >= 0.3 is 0 Å². The van der Waals surface area contributed by atoms with E-state index in [2.05, 4.69) is 12.2 Å². The zero-order chi connectivity index (χ0) is 15.7. The smallest absolute Gasteiger partial charge is 0.240 e. The summed E-state index contributed by atoms with van der Waals surface area (Å²) < 4.78 is 0. The molecule has 3 rings (SSSR count). The van der Waals surface area contributed by atoms with Gasteiger partial charge in [0.05, 0.1) is 11.4 Å². The van der Waals surface area contributed by atoms with Gasteiger partial charge in [0.15, 0.2) is 0 Å². The molecule has 2 heterocycles. The van der Waals surface area contributed by atoms with Crippen molar-refractivity contribution < 1.29 is 4.79 Å². The zero-order valence-electron chi connectivity index (χ0n) is 12.7. The molecule has 0 aliphatic carbocycles. The molecule has 2 saturated heterocycles. The van der Waals surface area contributed by atoms with Crippen LogP contribution in [-0.2, 0) is 4.79 Å². The van der Waals surface area contributed by atoms with Crippen molar-refractivity contribution >= 4 is 29.3 Å². The Morgan fingerprint density at radius 3 is 2.77 bits per heavy atom. The van der Waals surface area contributed by atoms with Crippen LogP contribution in [0.25, 0.3) is 0 Å². The molecule has 0 aromatic heterocycles. The van der Waals surface area contributed by atoms with Crippen LogP contribution in [0.2, 0.25) is 5.02 Å². The highest BCUT2D eigenvalue weighted by Crippen LogP contribution is 2.36. The van der Waals surface area contributed by atoms with E-state index in [9.17, 15) is 4.79 Å². The monoisotopic (exact) mass is 339 g/mol. The average Bonchev–Trinajstić information content (AvgIpc) is 2.96. The highest BCUT2D eigenvalue weighted by molar-refractivity contribution is 7.99. The summed E-state index contributed by atoms with van der Waals surface area (Å²) in [4.78, 5) is 14.6. The normalized spacial score (nSPS) is 27.9. The lowest BCUT2D eigenvalue weighted by Gasteiger charge is -2.37. The van der Waals surface area contributed by atoms with Gasteiger partial charge in [-0.2, -0.15) is 0 Å². The van der Waals surface area contributed by atoms with Crippen LogP contribution >= 0.6 is 23.4 Å². The molecule has 2 fully saturated rings. The standard InChI is InChI=1S/C16H22ClN3OS/c1-16(18)6-8-20(9-7-16)15(21)13-10-22-14(19-13)11-4-2-3-5-12(11)17/h2-5,13-14,19H,6-10,18H2,1H3. The predicted octanol–water partition coefficient (Wildman–Crippen LogP) is 2.38. The molecule has 0 radical (unpaired) electrons. The number of nitrogens with zero attached hydrogens (tertiary/aromatic N) is 1. The summed E-state index contributed by atoms with van der Waals surface area (Å²) in [5, 5.41) is 4.26. The van der Waals surface area contributed by atoms with E-state index in [1.165, 1.54) is 0 Å². The molecule has 0 spiro atoms. The predicted molar refractivity (Wildman–Crippen MR) is 92.0 cm³/mol. The van der Waals surface area contributed by atoms with Crippen molar-refractivity contribution in [1.29, 1.82) is 0 Å². The second-order valence-corrected chi connectivity index (χ2v) is 7.98. The molecule has 1 aromatic carbocycles. The Morgan fingerprint density at radius 2 is 2.09 bits per heavy atom. The summed E-state index contributed by atoms with van der Waals surface area (Å²) in [5.41, 5.74) is 7.06.